The highest BCUT2D eigenvalue weighted by Crippen LogP contribution is 2.04. The van der Waals surface area contributed by atoms with Crippen molar-refractivity contribution in [1.29, 1.82) is 0 Å². The van der Waals surface area contributed by atoms with E-state index in [9.17, 15) is 4.79 Å². The van der Waals surface area contributed by atoms with Crippen LogP contribution in [-0.4, -0.2) is 9.78 Å². The first-order chi connectivity index (χ1) is 7.61. The molecule has 0 bridgehead atoms. The van der Waals surface area contributed by atoms with Crippen molar-refractivity contribution in [3.8, 4) is 0 Å². The Morgan fingerprint density at radius 2 is 2.19 bits per heavy atom. The fraction of sp³-hybridized carbons (Fsp3) is 0.385. The molecule has 0 unspecified atom stereocenters. The standard InChI is InChI=1S/C13H18N2O/c1-5-7-8-12(6-2)15-13(16)11(4)10(3)9-14-15/h6-9H,5H2,1-4H3/b8-7-,12-6+. The van der Waals surface area contributed by atoms with Gasteiger partial charge in [-0.3, -0.25) is 4.79 Å². The minimum atomic E-state index is -0.0474. The van der Waals surface area contributed by atoms with Crippen molar-refractivity contribution in [3.63, 3.8) is 0 Å². The topological polar surface area (TPSA) is 34.9 Å². The summed E-state index contributed by atoms with van der Waals surface area (Å²) in [5, 5.41) is 4.15. The van der Waals surface area contributed by atoms with E-state index in [4.69, 9.17) is 0 Å². The second-order valence-electron chi connectivity index (χ2n) is 3.69. The summed E-state index contributed by atoms with van der Waals surface area (Å²) in [5.74, 6) is 0. The number of allylic oxidation sites excluding steroid dienone is 4. The molecule has 86 valence electrons. The number of nitrogens with zero attached hydrogens (tertiary/aromatic N) is 2. The molecule has 3 nitrogen and oxygen atoms in total. The summed E-state index contributed by atoms with van der Waals surface area (Å²) in [6, 6.07) is 0. The van der Waals surface area contributed by atoms with Crippen molar-refractivity contribution in [2.24, 2.45) is 0 Å². The van der Waals surface area contributed by atoms with Crippen molar-refractivity contribution in [2.75, 3.05) is 0 Å². The molecule has 1 aromatic heterocycles. The van der Waals surface area contributed by atoms with E-state index >= 15 is 0 Å². The summed E-state index contributed by atoms with van der Waals surface area (Å²) in [6.45, 7) is 7.68. The quantitative estimate of drug-likeness (QED) is 0.731. The Kier molecular flexibility index (Phi) is 4.23. The zero-order chi connectivity index (χ0) is 12.1. The van der Waals surface area contributed by atoms with Crippen LogP contribution in [0.25, 0.3) is 5.70 Å². The zero-order valence-corrected chi connectivity index (χ0v) is 10.3. The van der Waals surface area contributed by atoms with Gasteiger partial charge in [-0.2, -0.15) is 9.78 Å². The van der Waals surface area contributed by atoms with E-state index in [0.717, 1.165) is 23.2 Å². The zero-order valence-electron chi connectivity index (χ0n) is 10.3. The van der Waals surface area contributed by atoms with Crippen LogP contribution >= 0.6 is 0 Å². The molecular formula is C13H18N2O. The number of rotatable bonds is 3. The van der Waals surface area contributed by atoms with Crippen LogP contribution in [0.15, 0.2) is 29.2 Å². The van der Waals surface area contributed by atoms with Crippen molar-refractivity contribution in [3.05, 3.63) is 45.9 Å². The molecule has 0 aliphatic rings. The lowest BCUT2D eigenvalue weighted by Gasteiger charge is -2.07. The average molecular weight is 218 g/mol. The third kappa shape index (κ3) is 2.48. The highest BCUT2D eigenvalue weighted by atomic mass is 16.1. The molecule has 0 saturated heterocycles. The molecule has 0 spiro atoms. The van der Waals surface area contributed by atoms with Crippen LogP contribution in [0.1, 0.15) is 31.4 Å². The number of aryl methyl sites for hydroxylation is 1. The Balaban J connectivity index is 3.28. The van der Waals surface area contributed by atoms with Crippen LogP contribution in [0, 0.1) is 13.8 Å². The summed E-state index contributed by atoms with van der Waals surface area (Å²) in [4.78, 5) is 12.0. The maximum atomic E-state index is 12.0. The van der Waals surface area contributed by atoms with Crippen molar-refractivity contribution in [1.82, 2.24) is 9.78 Å². The van der Waals surface area contributed by atoms with Crippen molar-refractivity contribution < 1.29 is 0 Å². The second-order valence-corrected chi connectivity index (χ2v) is 3.69. The van der Waals surface area contributed by atoms with Gasteiger partial charge in [0.25, 0.3) is 5.56 Å². The van der Waals surface area contributed by atoms with E-state index in [2.05, 4.69) is 12.0 Å². The van der Waals surface area contributed by atoms with E-state index < -0.39 is 0 Å². The largest absolute Gasteiger partial charge is 0.274 e. The van der Waals surface area contributed by atoms with Gasteiger partial charge >= 0.3 is 0 Å². The normalized spacial score (nSPS) is 12.4. The Hall–Kier alpha value is -1.64. The van der Waals surface area contributed by atoms with Gasteiger partial charge in [0.2, 0.25) is 0 Å². The molecule has 0 N–H and O–H groups in total. The summed E-state index contributed by atoms with van der Waals surface area (Å²) in [5.41, 5.74) is 2.44. The average Bonchev–Trinajstić information content (AvgIpc) is 2.29. The van der Waals surface area contributed by atoms with Gasteiger partial charge in [-0.1, -0.05) is 19.1 Å². The Labute approximate surface area is 96.1 Å². The summed E-state index contributed by atoms with van der Waals surface area (Å²) < 4.78 is 1.44. The molecule has 0 radical (unpaired) electrons. The van der Waals surface area contributed by atoms with Gasteiger partial charge in [0.05, 0.1) is 11.9 Å². The minimum absolute atomic E-state index is 0.0474. The third-order valence-corrected chi connectivity index (χ3v) is 2.54. The van der Waals surface area contributed by atoms with Gasteiger partial charge in [0.1, 0.15) is 0 Å². The van der Waals surface area contributed by atoms with Gasteiger partial charge < -0.3 is 0 Å². The fourth-order valence-electron chi connectivity index (χ4n) is 1.33. The molecule has 1 heterocycles. The van der Waals surface area contributed by atoms with E-state index in [-0.39, 0.29) is 5.56 Å². The smallest absolute Gasteiger partial charge is 0.267 e. The molecule has 1 rings (SSSR count). The molecule has 0 aliphatic carbocycles. The molecule has 0 atom stereocenters. The number of hydrogen-bond donors (Lipinski definition) is 0. The van der Waals surface area contributed by atoms with Crippen molar-refractivity contribution in [2.45, 2.75) is 34.1 Å². The van der Waals surface area contributed by atoms with Crippen LogP contribution in [0.2, 0.25) is 0 Å². The number of hydrogen-bond acceptors (Lipinski definition) is 2. The maximum absolute atomic E-state index is 12.0. The predicted molar refractivity (Wildman–Crippen MR) is 67.3 cm³/mol. The van der Waals surface area contributed by atoms with Gasteiger partial charge in [-0.25, -0.2) is 0 Å². The summed E-state index contributed by atoms with van der Waals surface area (Å²) in [6.07, 6.45) is 8.48. The Morgan fingerprint density at radius 3 is 2.75 bits per heavy atom. The van der Waals surface area contributed by atoms with E-state index in [1.807, 2.05) is 39.0 Å². The molecule has 0 fully saturated rings. The predicted octanol–water partition coefficient (Wildman–Crippen LogP) is 2.69. The minimum Gasteiger partial charge on any atom is -0.267 e. The third-order valence-electron chi connectivity index (χ3n) is 2.54. The fourth-order valence-corrected chi connectivity index (χ4v) is 1.33. The van der Waals surface area contributed by atoms with Crippen LogP contribution in [-0.2, 0) is 0 Å². The van der Waals surface area contributed by atoms with Crippen LogP contribution in [0.5, 0.6) is 0 Å². The molecule has 1 aromatic rings. The lowest BCUT2D eigenvalue weighted by Crippen LogP contribution is -2.24. The molecule has 0 amide bonds. The van der Waals surface area contributed by atoms with E-state index in [0.29, 0.717) is 0 Å². The first-order valence-corrected chi connectivity index (χ1v) is 5.50. The molecule has 16 heavy (non-hydrogen) atoms. The highest BCUT2D eigenvalue weighted by molar-refractivity contribution is 5.55. The maximum Gasteiger partial charge on any atom is 0.274 e. The molecule has 0 aliphatic heterocycles. The first kappa shape index (κ1) is 12.4. The second kappa shape index (κ2) is 5.45. The van der Waals surface area contributed by atoms with E-state index in [1.165, 1.54) is 4.68 Å². The van der Waals surface area contributed by atoms with Crippen LogP contribution < -0.4 is 5.56 Å². The SMILES string of the molecule is C/C=C(\C=C/CC)n1ncc(C)c(C)c1=O. The van der Waals surface area contributed by atoms with Crippen molar-refractivity contribution >= 4 is 5.70 Å². The van der Waals surface area contributed by atoms with E-state index in [1.54, 1.807) is 6.20 Å². The molecule has 3 heteroatoms. The molecule has 0 aromatic carbocycles. The summed E-state index contributed by atoms with van der Waals surface area (Å²) in [7, 11) is 0. The van der Waals surface area contributed by atoms with Crippen LogP contribution in [0.4, 0.5) is 0 Å². The molecule has 0 saturated carbocycles. The Morgan fingerprint density at radius 1 is 1.50 bits per heavy atom. The molecular weight excluding hydrogens is 200 g/mol. The van der Waals surface area contributed by atoms with Gasteiger partial charge in [0.15, 0.2) is 0 Å². The van der Waals surface area contributed by atoms with Gasteiger partial charge in [-0.05, 0) is 38.8 Å². The monoisotopic (exact) mass is 218 g/mol. The van der Waals surface area contributed by atoms with Gasteiger partial charge in [0, 0.05) is 5.56 Å². The first-order valence-electron chi connectivity index (χ1n) is 5.50. The van der Waals surface area contributed by atoms with Gasteiger partial charge in [-0.15, -0.1) is 0 Å². The lowest BCUT2D eigenvalue weighted by atomic mass is 10.2. The van der Waals surface area contributed by atoms with Crippen LogP contribution in [0.3, 0.4) is 0 Å². The lowest BCUT2D eigenvalue weighted by molar-refractivity contribution is 0.810. The summed E-state index contributed by atoms with van der Waals surface area (Å²) >= 11 is 0. The number of aromatic nitrogens is 2. The Bertz CT molecular complexity index is 481. The highest BCUT2D eigenvalue weighted by Gasteiger charge is 2.05.